The van der Waals surface area contributed by atoms with E-state index in [-0.39, 0.29) is 0 Å². The van der Waals surface area contributed by atoms with Gasteiger partial charge >= 0.3 is 24.0 Å². The molecule has 0 rings (SSSR count). The zero-order valence-corrected chi connectivity index (χ0v) is 11.7. The standard InChI is InChI=1S/C7H10BrF6O3P/c1-3-16-18(15,17-4-2)5(8,6(9,10)11)7(12,13)14/h3-4H2,1-2H3. The zero-order chi connectivity index (χ0) is 14.8. The number of alkyl halides is 7. The molecule has 0 unspecified atom stereocenters. The minimum atomic E-state index is -5.90. The summed E-state index contributed by atoms with van der Waals surface area (Å²) in [4.78, 5) is 0. The molecule has 0 radical (unpaired) electrons. The summed E-state index contributed by atoms with van der Waals surface area (Å²) in [5.74, 6) is 0. The molecule has 0 aromatic carbocycles. The molecule has 0 spiro atoms. The maximum absolute atomic E-state index is 12.6. The Labute approximate surface area is 107 Å². The highest BCUT2D eigenvalue weighted by molar-refractivity contribution is 9.11. The maximum atomic E-state index is 12.6. The molecule has 0 amide bonds. The van der Waals surface area contributed by atoms with Crippen LogP contribution in [-0.4, -0.2) is 29.6 Å². The summed E-state index contributed by atoms with van der Waals surface area (Å²) in [5.41, 5.74) is 0. The van der Waals surface area contributed by atoms with E-state index < -0.39 is 37.2 Å². The van der Waals surface area contributed by atoms with Gasteiger partial charge in [-0.25, -0.2) is 0 Å². The van der Waals surface area contributed by atoms with Crippen molar-refractivity contribution in [1.82, 2.24) is 0 Å². The highest BCUT2D eigenvalue weighted by Gasteiger charge is 2.80. The predicted molar refractivity (Wildman–Crippen MR) is 54.6 cm³/mol. The molecular weight excluding hydrogens is 357 g/mol. The maximum Gasteiger partial charge on any atom is 0.424 e. The molecule has 0 aliphatic carbocycles. The van der Waals surface area contributed by atoms with Crippen molar-refractivity contribution in [3.63, 3.8) is 0 Å². The molecule has 0 heterocycles. The lowest BCUT2D eigenvalue weighted by molar-refractivity contribution is -0.241. The van der Waals surface area contributed by atoms with E-state index >= 15 is 0 Å². The van der Waals surface area contributed by atoms with Gasteiger partial charge in [0.15, 0.2) is 0 Å². The Balaban J connectivity index is 5.92. The number of hydrogen-bond acceptors (Lipinski definition) is 3. The summed E-state index contributed by atoms with van der Waals surface area (Å²) in [7, 11) is -5.52. The number of hydrogen-bond donors (Lipinski definition) is 0. The fraction of sp³-hybridized carbons (Fsp3) is 1.00. The molecule has 0 aliphatic heterocycles. The second-order valence-corrected chi connectivity index (χ2v) is 6.94. The lowest BCUT2D eigenvalue weighted by atomic mass is 10.4. The van der Waals surface area contributed by atoms with Gasteiger partial charge in [0.1, 0.15) is 0 Å². The van der Waals surface area contributed by atoms with Crippen molar-refractivity contribution >= 4 is 23.5 Å². The van der Waals surface area contributed by atoms with Gasteiger partial charge in [-0.1, -0.05) is 15.9 Å². The van der Waals surface area contributed by atoms with Crippen LogP contribution in [0.2, 0.25) is 0 Å². The molecule has 0 saturated carbocycles. The van der Waals surface area contributed by atoms with Gasteiger partial charge in [0.05, 0.1) is 13.2 Å². The van der Waals surface area contributed by atoms with Crippen LogP contribution in [-0.2, 0) is 13.6 Å². The van der Waals surface area contributed by atoms with Crippen molar-refractivity contribution in [3.8, 4) is 0 Å². The Kier molecular flexibility index (Phi) is 5.75. The highest BCUT2D eigenvalue weighted by atomic mass is 79.9. The molecule has 0 aromatic heterocycles. The van der Waals surface area contributed by atoms with Gasteiger partial charge in [0, 0.05) is 0 Å². The Morgan fingerprint density at radius 1 is 0.944 bits per heavy atom. The van der Waals surface area contributed by atoms with Crippen LogP contribution in [0.5, 0.6) is 0 Å². The van der Waals surface area contributed by atoms with Crippen molar-refractivity contribution in [2.45, 2.75) is 30.3 Å². The molecule has 0 bridgehead atoms. The van der Waals surface area contributed by atoms with Crippen molar-refractivity contribution in [2.24, 2.45) is 0 Å². The summed E-state index contributed by atoms with van der Waals surface area (Å²) in [6.07, 6.45) is -11.8. The highest BCUT2D eigenvalue weighted by Crippen LogP contribution is 2.73. The Morgan fingerprint density at radius 2 is 1.22 bits per heavy atom. The summed E-state index contributed by atoms with van der Waals surface area (Å²) in [5, 5.41) is 0. The quantitative estimate of drug-likeness (QED) is 0.409. The van der Waals surface area contributed by atoms with Crippen LogP contribution in [0.25, 0.3) is 0 Å². The molecule has 0 aliphatic rings. The molecule has 0 aromatic rings. The molecule has 0 fully saturated rings. The summed E-state index contributed by atoms with van der Waals surface area (Å²) < 4.78 is 91.2. The van der Waals surface area contributed by atoms with Crippen molar-refractivity contribution in [2.75, 3.05) is 13.2 Å². The molecule has 0 saturated heterocycles. The first-order valence-corrected chi connectivity index (χ1v) is 6.92. The van der Waals surface area contributed by atoms with Crippen LogP contribution in [0.4, 0.5) is 26.3 Å². The van der Waals surface area contributed by atoms with Crippen LogP contribution in [0.3, 0.4) is 0 Å². The zero-order valence-electron chi connectivity index (χ0n) is 9.23. The topological polar surface area (TPSA) is 35.5 Å². The van der Waals surface area contributed by atoms with Gasteiger partial charge in [-0.2, -0.15) is 26.3 Å². The van der Waals surface area contributed by atoms with Crippen LogP contribution in [0.15, 0.2) is 0 Å². The Morgan fingerprint density at radius 3 is 1.39 bits per heavy atom. The van der Waals surface area contributed by atoms with Gasteiger partial charge < -0.3 is 9.05 Å². The first kappa shape index (κ1) is 18.2. The van der Waals surface area contributed by atoms with Crippen molar-refractivity contribution < 1.29 is 40.0 Å². The van der Waals surface area contributed by atoms with Gasteiger partial charge in [-0.3, -0.25) is 4.57 Å². The Hall–Kier alpha value is 0.210. The van der Waals surface area contributed by atoms with Gasteiger partial charge in [0.25, 0.3) is 0 Å². The smallest absolute Gasteiger partial charge is 0.307 e. The Bertz CT molecular complexity index is 304. The van der Waals surface area contributed by atoms with Crippen molar-refractivity contribution in [3.05, 3.63) is 0 Å². The third-order valence-electron chi connectivity index (χ3n) is 1.73. The molecule has 110 valence electrons. The van der Waals surface area contributed by atoms with Crippen LogP contribution >= 0.6 is 23.5 Å². The van der Waals surface area contributed by atoms with E-state index in [0.717, 1.165) is 13.8 Å². The summed E-state index contributed by atoms with van der Waals surface area (Å²) in [6, 6.07) is 0. The number of halogens is 7. The minimum absolute atomic E-state index is 0.628. The van der Waals surface area contributed by atoms with E-state index in [4.69, 9.17) is 0 Å². The molecule has 0 N–H and O–H groups in total. The van der Waals surface area contributed by atoms with Crippen LogP contribution in [0.1, 0.15) is 13.8 Å². The minimum Gasteiger partial charge on any atom is -0.307 e. The molecule has 18 heavy (non-hydrogen) atoms. The lowest BCUT2D eigenvalue weighted by Gasteiger charge is -2.36. The molecule has 3 nitrogen and oxygen atoms in total. The molecule has 0 atom stereocenters. The van der Waals surface area contributed by atoms with Gasteiger partial charge in [0.2, 0.25) is 0 Å². The first-order valence-electron chi connectivity index (χ1n) is 4.59. The van der Waals surface area contributed by atoms with E-state index in [2.05, 4.69) is 9.05 Å². The summed E-state index contributed by atoms with van der Waals surface area (Å²) in [6.45, 7) is 0.950. The normalized spacial score (nSPS) is 14.9. The van der Waals surface area contributed by atoms with Gasteiger partial charge in [-0.15, -0.1) is 0 Å². The van der Waals surface area contributed by atoms with Gasteiger partial charge in [-0.05, 0) is 13.8 Å². The van der Waals surface area contributed by atoms with Crippen molar-refractivity contribution in [1.29, 1.82) is 0 Å². The largest absolute Gasteiger partial charge is 0.424 e. The predicted octanol–water partition coefficient (Wildman–Crippen LogP) is 4.47. The summed E-state index contributed by atoms with van der Waals surface area (Å²) >= 11 is 1.49. The van der Waals surface area contributed by atoms with Crippen LogP contribution < -0.4 is 0 Å². The monoisotopic (exact) mass is 366 g/mol. The second-order valence-electron chi connectivity index (χ2n) is 2.95. The third kappa shape index (κ3) is 3.02. The van der Waals surface area contributed by atoms with E-state index in [0.29, 0.717) is 0 Å². The van der Waals surface area contributed by atoms with E-state index in [9.17, 15) is 30.9 Å². The van der Waals surface area contributed by atoms with E-state index in [1.165, 1.54) is 15.9 Å². The first-order chi connectivity index (χ1) is 7.87. The van der Waals surface area contributed by atoms with E-state index in [1.807, 2.05) is 0 Å². The second kappa shape index (κ2) is 5.68. The van der Waals surface area contributed by atoms with E-state index in [1.54, 1.807) is 0 Å². The average molecular weight is 367 g/mol. The fourth-order valence-corrected chi connectivity index (χ4v) is 3.37. The molecule has 11 heteroatoms. The molecular formula is C7H10BrF6O3P. The van der Waals surface area contributed by atoms with Crippen LogP contribution in [0, 0.1) is 0 Å². The average Bonchev–Trinajstić information content (AvgIpc) is 2.13. The number of rotatable bonds is 5. The SMILES string of the molecule is CCOP(=O)(OCC)C(Br)(C(F)(F)F)C(F)(F)F. The third-order valence-corrected chi connectivity index (χ3v) is 6.39. The lowest BCUT2D eigenvalue weighted by Crippen LogP contribution is -2.52. The fourth-order valence-electron chi connectivity index (χ4n) is 1.03.